The number of pyridine rings is 1. The maximum Gasteiger partial charge on any atom is 0.405 e. The molecule has 1 aliphatic heterocycles. The summed E-state index contributed by atoms with van der Waals surface area (Å²) in [5.74, 6) is -1.48. The van der Waals surface area contributed by atoms with Gasteiger partial charge in [0.2, 0.25) is 17.7 Å². The molecular formula is C22H23F3N8O4. The van der Waals surface area contributed by atoms with Crippen molar-refractivity contribution in [1.82, 2.24) is 19.7 Å². The Balaban J connectivity index is 1.54. The molecule has 0 bridgehead atoms. The molecule has 3 aromatic heterocycles. The summed E-state index contributed by atoms with van der Waals surface area (Å²) in [6.45, 7) is 2.42. The molecule has 0 aromatic carbocycles. The molecule has 0 radical (unpaired) electrons. The van der Waals surface area contributed by atoms with Crippen LogP contribution < -0.4 is 21.3 Å². The minimum absolute atomic E-state index is 0.0243. The molecule has 4 rings (SSSR count). The van der Waals surface area contributed by atoms with Gasteiger partial charge in [-0.25, -0.2) is 9.97 Å². The molecule has 1 fully saturated rings. The van der Waals surface area contributed by atoms with Crippen LogP contribution in [0.2, 0.25) is 0 Å². The number of halogens is 3. The smallest absolute Gasteiger partial charge is 0.405 e. The summed E-state index contributed by atoms with van der Waals surface area (Å²) in [5, 5.41) is 9.03. The number of nitrogens with one attached hydrogen (secondary N) is 2. The number of hydrogen-bond donors (Lipinski definition) is 3. The van der Waals surface area contributed by atoms with Crippen LogP contribution in [0, 0.1) is 5.41 Å². The van der Waals surface area contributed by atoms with E-state index in [9.17, 15) is 27.6 Å². The Kier molecular flexibility index (Phi) is 6.62. The van der Waals surface area contributed by atoms with E-state index < -0.39 is 30.0 Å². The fourth-order valence-electron chi connectivity index (χ4n) is 3.65. The van der Waals surface area contributed by atoms with Gasteiger partial charge in [0, 0.05) is 23.7 Å². The average Bonchev–Trinajstić information content (AvgIpc) is 3.51. The summed E-state index contributed by atoms with van der Waals surface area (Å²) >= 11 is 0. The van der Waals surface area contributed by atoms with Gasteiger partial charge in [0.05, 0.1) is 6.20 Å². The molecule has 1 aliphatic rings. The normalized spacial score (nSPS) is 15.2. The van der Waals surface area contributed by atoms with Crippen LogP contribution in [0.1, 0.15) is 30.8 Å². The molecule has 4 N–H and O–H groups in total. The van der Waals surface area contributed by atoms with Crippen LogP contribution in [0.3, 0.4) is 0 Å². The zero-order valence-electron chi connectivity index (χ0n) is 19.8. The lowest BCUT2D eigenvalue weighted by Crippen LogP contribution is -2.32. The third kappa shape index (κ3) is 5.87. The Morgan fingerprint density at radius 2 is 2.05 bits per heavy atom. The van der Waals surface area contributed by atoms with Crippen molar-refractivity contribution in [1.29, 1.82) is 0 Å². The van der Waals surface area contributed by atoms with Crippen molar-refractivity contribution in [2.24, 2.45) is 11.1 Å². The lowest BCUT2D eigenvalue weighted by Gasteiger charge is -2.18. The summed E-state index contributed by atoms with van der Waals surface area (Å²) < 4.78 is 44.0. The maximum absolute atomic E-state index is 12.9. The first-order chi connectivity index (χ1) is 17.3. The maximum atomic E-state index is 12.9. The van der Waals surface area contributed by atoms with Crippen molar-refractivity contribution >= 4 is 35.0 Å². The van der Waals surface area contributed by atoms with Crippen molar-refractivity contribution in [2.75, 3.05) is 28.6 Å². The summed E-state index contributed by atoms with van der Waals surface area (Å²) in [6.07, 6.45) is -0.137. The minimum Gasteiger partial charge on any atom is -0.444 e. The number of oxazole rings is 1. The number of hydrogen-bond acceptors (Lipinski definition) is 8. The van der Waals surface area contributed by atoms with E-state index in [2.05, 4.69) is 25.7 Å². The molecule has 15 heteroatoms. The molecule has 0 unspecified atom stereocenters. The third-order valence-electron chi connectivity index (χ3n) is 5.56. The highest BCUT2D eigenvalue weighted by Crippen LogP contribution is 2.36. The van der Waals surface area contributed by atoms with Crippen LogP contribution in [0.5, 0.6) is 0 Å². The number of nitrogens with zero attached hydrogens (tertiary/aromatic N) is 5. The lowest BCUT2D eigenvalue weighted by atomic mass is 9.92. The van der Waals surface area contributed by atoms with E-state index in [0.717, 1.165) is 6.26 Å². The van der Waals surface area contributed by atoms with Gasteiger partial charge in [-0.2, -0.15) is 18.3 Å². The number of carbonyl (C=O) groups excluding carboxylic acids is 3. The van der Waals surface area contributed by atoms with Gasteiger partial charge in [-0.1, -0.05) is 13.8 Å². The monoisotopic (exact) mass is 520 g/mol. The molecule has 0 spiro atoms. The van der Waals surface area contributed by atoms with Gasteiger partial charge in [-0.15, -0.1) is 0 Å². The summed E-state index contributed by atoms with van der Waals surface area (Å²) in [5.41, 5.74) is 4.94. The van der Waals surface area contributed by atoms with E-state index in [1.165, 1.54) is 34.1 Å². The van der Waals surface area contributed by atoms with E-state index in [1.807, 2.05) is 0 Å². The molecular weight excluding hydrogens is 497 g/mol. The van der Waals surface area contributed by atoms with Gasteiger partial charge in [-0.05, 0) is 18.6 Å². The molecule has 196 valence electrons. The van der Waals surface area contributed by atoms with E-state index in [-0.39, 0.29) is 41.4 Å². The predicted octanol–water partition coefficient (Wildman–Crippen LogP) is 2.41. The fourth-order valence-corrected chi connectivity index (χ4v) is 3.65. The molecule has 0 atom stereocenters. The summed E-state index contributed by atoms with van der Waals surface area (Å²) in [6, 6.07) is 2.75. The Labute approximate surface area is 208 Å². The average molecular weight is 520 g/mol. The van der Waals surface area contributed by atoms with Gasteiger partial charge < -0.3 is 20.8 Å². The molecule has 0 aliphatic carbocycles. The first-order valence-electron chi connectivity index (χ1n) is 11.0. The van der Waals surface area contributed by atoms with Crippen LogP contribution in [0.4, 0.5) is 30.5 Å². The lowest BCUT2D eigenvalue weighted by molar-refractivity contribution is -0.124. The highest BCUT2D eigenvalue weighted by Gasteiger charge is 2.41. The van der Waals surface area contributed by atoms with Gasteiger partial charge in [0.25, 0.3) is 5.91 Å². The Morgan fingerprint density at radius 1 is 1.30 bits per heavy atom. The number of alkyl halides is 3. The van der Waals surface area contributed by atoms with E-state index >= 15 is 0 Å². The van der Waals surface area contributed by atoms with Gasteiger partial charge in [0.15, 0.2) is 11.5 Å². The Bertz CT molecular complexity index is 1350. The molecule has 1 saturated heterocycles. The molecule has 0 saturated carbocycles. The fraction of sp³-hybridized carbons (Fsp3) is 0.364. The van der Waals surface area contributed by atoms with Gasteiger partial charge in [-0.3, -0.25) is 24.0 Å². The first kappa shape index (κ1) is 25.7. The van der Waals surface area contributed by atoms with Crippen molar-refractivity contribution in [3.8, 4) is 11.5 Å². The largest absolute Gasteiger partial charge is 0.444 e. The first-order valence-corrected chi connectivity index (χ1v) is 11.0. The molecule has 37 heavy (non-hydrogen) atoms. The van der Waals surface area contributed by atoms with Crippen molar-refractivity contribution in [2.45, 2.75) is 33.0 Å². The van der Waals surface area contributed by atoms with Crippen LogP contribution >= 0.6 is 0 Å². The van der Waals surface area contributed by atoms with E-state index in [4.69, 9.17) is 10.2 Å². The third-order valence-corrected chi connectivity index (χ3v) is 5.56. The Morgan fingerprint density at radius 3 is 2.70 bits per heavy atom. The standard InChI is InChI=1S/C22H23F3N8O4/c1-21(2)4-6-33(20(21)36)17-13(8-32(31-17)9-15(26)34)29-18(35)14-10-37-19(30-14)12-3-5-27-16(7-12)28-11-22(23,24)25/h3,5,7-8,10H,4,6,9,11H2,1-2H3,(H2,26,34)(H,27,28)(H,29,35). The number of aromatic nitrogens is 4. The second-order valence-electron chi connectivity index (χ2n) is 9.01. The predicted molar refractivity (Wildman–Crippen MR) is 124 cm³/mol. The number of anilines is 3. The highest BCUT2D eigenvalue weighted by molar-refractivity contribution is 6.07. The van der Waals surface area contributed by atoms with Crippen molar-refractivity contribution in [3.63, 3.8) is 0 Å². The number of rotatable bonds is 8. The van der Waals surface area contributed by atoms with Crippen LogP contribution in [-0.2, 0) is 16.1 Å². The van der Waals surface area contributed by atoms with Crippen molar-refractivity contribution < 1.29 is 32.0 Å². The molecule has 4 heterocycles. The van der Waals surface area contributed by atoms with Crippen LogP contribution in [-0.4, -0.2) is 56.7 Å². The molecule has 12 nitrogen and oxygen atoms in total. The molecule has 3 aromatic rings. The summed E-state index contributed by atoms with van der Waals surface area (Å²) in [7, 11) is 0. The quantitative estimate of drug-likeness (QED) is 0.408. The van der Waals surface area contributed by atoms with Gasteiger partial charge in [0.1, 0.15) is 30.9 Å². The van der Waals surface area contributed by atoms with Crippen LogP contribution in [0.25, 0.3) is 11.5 Å². The van der Waals surface area contributed by atoms with E-state index in [1.54, 1.807) is 13.8 Å². The van der Waals surface area contributed by atoms with Crippen LogP contribution in [0.15, 0.2) is 35.2 Å². The zero-order valence-corrected chi connectivity index (χ0v) is 19.8. The number of nitrogens with two attached hydrogens (primary N) is 1. The number of amides is 3. The zero-order chi connectivity index (χ0) is 27.0. The molecule has 3 amide bonds. The van der Waals surface area contributed by atoms with Crippen molar-refractivity contribution in [3.05, 3.63) is 36.5 Å². The topological polar surface area (TPSA) is 161 Å². The minimum atomic E-state index is -4.43. The van der Waals surface area contributed by atoms with E-state index in [0.29, 0.717) is 18.5 Å². The second kappa shape index (κ2) is 9.55. The Hall–Kier alpha value is -4.43. The highest BCUT2D eigenvalue weighted by atomic mass is 19.4. The number of carbonyl (C=O) groups is 3. The second-order valence-corrected chi connectivity index (χ2v) is 9.01. The SMILES string of the molecule is CC1(C)CCN(c2nn(CC(N)=O)cc2NC(=O)c2coc(-c3ccnc(NCC(F)(F)F)c3)n2)C1=O. The summed E-state index contributed by atoms with van der Waals surface area (Å²) in [4.78, 5) is 46.5. The number of primary amides is 1. The van der Waals surface area contributed by atoms with Gasteiger partial charge >= 0.3 is 6.18 Å².